The maximum Gasteiger partial charge on any atom is 0.160 e. The number of pyridine rings is 1. The SMILES string of the molecule is C=C(N=C(N=C(C)c1cc(OP2CC(C)(C)C2(C)C)cc(-c2ccc3ccc4c(c3n2)NCC=C4)c1)c1ccccc1)c1ccccc1. The molecule has 1 saturated heterocycles. The average molecular weight is 649 g/mol. The van der Waals surface area contributed by atoms with Crippen molar-refractivity contribution in [1.29, 1.82) is 0 Å². The summed E-state index contributed by atoms with van der Waals surface area (Å²) < 4.78 is 6.86. The number of aromatic nitrogens is 1. The molecule has 0 spiro atoms. The highest BCUT2D eigenvalue weighted by atomic mass is 31.1. The van der Waals surface area contributed by atoms with Crippen molar-refractivity contribution < 1.29 is 4.52 Å². The number of rotatable bonds is 7. The van der Waals surface area contributed by atoms with Gasteiger partial charge < -0.3 is 9.84 Å². The van der Waals surface area contributed by atoms with Crippen molar-refractivity contribution in [3.8, 4) is 17.0 Å². The summed E-state index contributed by atoms with van der Waals surface area (Å²) in [6, 6.07) is 35.1. The van der Waals surface area contributed by atoms with Gasteiger partial charge >= 0.3 is 0 Å². The molecule has 0 radical (unpaired) electrons. The van der Waals surface area contributed by atoms with Crippen LogP contribution in [0.2, 0.25) is 0 Å². The van der Waals surface area contributed by atoms with Gasteiger partial charge in [0.15, 0.2) is 5.84 Å². The fourth-order valence-electron chi connectivity index (χ4n) is 6.10. The number of hydrogen-bond acceptors (Lipinski definition) is 4. The molecule has 0 aliphatic carbocycles. The predicted molar refractivity (Wildman–Crippen MR) is 206 cm³/mol. The number of anilines is 1. The molecule has 0 bridgehead atoms. The van der Waals surface area contributed by atoms with Crippen LogP contribution in [-0.2, 0) is 0 Å². The zero-order valence-corrected chi connectivity index (χ0v) is 29.2. The van der Waals surface area contributed by atoms with Gasteiger partial charge in [-0.25, -0.2) is 15.0 Å². The maximum atomic E-state index is 6.86. The molecule has 1 fully saturated rings. The summed E-state index contributed by atoms with van der Waals surface area (Å²) in [5, 5.41) is 4.75. The number of hydrogen-bond donors (Lipinski definition) is 1. The number of fused-ring (bicyclic) bond motifs is 3. The first-order valence-corrected chi connectivity index (χ1v) is 17.9. The van der Waals surface area contributed by atoms with Crippen LogP contribution in [-0.4, -0.2) is 34.4 Å². The van der Waals surface area contributed by atoms with Crippen molar-refractivity contribution in [1.82, 2.24) is 4.98 Å². The summed E-state index contributed by atoms with van der Waals surface area (Å²) in [6.07, 6.45) is 5.36. The molecular weight excluding hydrogens is 607 g/mol. The zero-order valence-electron chi connectivity index (χ0n) is 28.3. The molecule has 5 aromatic rings. The molecule has 2 aliphatic heterocycles. The predicted octanol–water partition coefficient (Wildman–Crippen LogP) is 10.9. The first-order valence-electron chi connectivity index (χ1n) is 16.5. The van der Waals surface area contributed by atoms with Gasteiger partial charge in [0.05, 0.1) is 30.7 Å². The largest absolute Gasteiger partial charge is 0.473 e. The molecule has 7 rings (SSSR count). The zero-order chi connectivity index (χ0) is 33.5. The second-order valence-electron chi connectivity index (χ2n) is 13.7. The highest BCUT2D eigenvalue weighted by Gasteiger charge is 2.56. The van der Waals surface area contributed by atoms with Gasteiger partial charge in [-0.05, 0) is 47.7 Å². The summed E-state index contributed by atoms with van der Waals surface area (Å²) in [4.78, 5) is 15.3. The van der Waals surface area contributed by atoms with Crippen LogP contribution in [0.25, 0.3) is 33.9 Å². The Morgan fingerprint density at radius 2 is 1.54 bits per heavy atom. The van der Waals surface area contributed by atoms with E-state index in [-0.39, 0.29) is 10.6 Å². The van der Waals surface area contributed by atoms with Gasteiger partial charge in [0, 0.05) is 45.7 Å². The maximum absolute atomic E-state index is 6.86. The summed E-state index contributed by atoms with van der Waals surface area (Å²) in [5.41, 5.74) is 9.64. The number of amidine groups is 1. The number of benzene rings is 4. The normalized spacial score (nSPS) is 18.1. The van der Waals surface area contributed by atoms with Crippen LogP contribution in [0.3, 0.4) is 0 Å². The van der Waals surface area contributed by atoms with Crippen molar-refractivity contribution in [3.63, 3.8) is 0 Å². The summed E-state index contributed by atoms with van der Waals surface area (Å²) in [7, 11) is -0.657. The summed E-state index contributed by atoms with van der Waals surface area (Å²) in [5.74, 6) is 1.45. The van der Waals surface area contributed by atoms with E-state index in [9.17, 15) is 0 Å². The molecule has 1 aromatic heterocycles. The molecule has 5 nitrogen and oxygen atoms in total. The second kappa shape index (κ2) is 12.6. The highest BCUT2D eigenvalue weighted by molar-refractivity contribution is 7.56. The molecule has 3 heterocycles. The first kappa shape index (κ1) is 31.7. The number of aliphatic imine (C=N–C) groups is 2. The Morgan fingerprint density at radius 1 is 0.833 bits per heavy atom. The fraction of sp³-hybridized carbons (Fsp3) is 0.214. The van der Waals surface area contributed by atoms with Gasteiger partial charge in [0.2, 0.25) is 0 Å². The molecule has 0 saturated carbocycles. The third-order valence-electron chi connectivity index (χ3n) is 9.90. The minimum atomic E-state index is -0.657. The summed E-state index contributed by atoms with van der Waals surface area (Å²) in [6.45, 7) is 16.4. The lowest BCUT2D eigenvalue weighted by molar-refractivity contribution is 0.253. The van der Waals surface area contributed by atoms with E-state index in [0.717, 1.165) is 74.3 Å². The van der Waals surface area contributed by atoms with Crippen molar-refractivity contribution in [2.24, 2.45) is 15.4 Å². The molecule has 6 heteroatoms. The van der Waals surface area contributed by atoms with Crippen LogP contribution in [0.1, 0.15) is 56.9 Å². The van der Waals surface area contributed by atoms with Crippen LogP contribution in [0.15, 0.2) is 126 Å². The van der Waals surface area contributed by atoms with Gasteiger partial charge in [-0.1, -0.05) is 125 Å². The Bertz CT molecular complexity index is 2110. The molecule has 1 N–H and O–H groups in total. The van der Waals surface area contributed by atoms with Gasteiger partial charge in [-0.15, -0.1) is 0 Å². The van der Waals surface area contributed by atoms with Crippen molar-refractivity contribution in [3.05, 3.63) is 138 Å². The molecule has 48 heavy (non-hydrogen) atoms. The Labute approximate surface area is 285 Å². The van der Waals surface area contributed by atoms with Crippen molar-refractivity contribution >= 4 is 48.1 Å². The lowest BCUT2D eigenvalue weighted by Crippen LogP contribution is -2.51. The van der Waals surface area contributed by atoms with Crippen LogP contribution in [0.5, 0.6) is 5.75 Å². The number of nitrogens with one attached hydrogen (secondary N) is 1. The van der Waals surface area contributed by atoms with Gasteiger partial charge in [-0.2, -0.15) is 0 Å². The molecule has 0 amide bonds. The number of nitrogens with zero attached hydrogens (tertiary/aromatic N) is 3. The molecule has 2 aliphatic rings. The third-order valence-corrected chi connectivity index (χ3v) is 13.3. The standard InChI is InChI=1S/C42H41N4OP/c1-28(30-14-9-7-10-15-30)44-40(33-16-11-8-12-17-33)45-29(2)34-24-35(26-36(25-34)47-48-27-41(3,4)42(48,5)6)37-22-21-32-20-19-31-18-13-23-43-38(31)39(32)46-37/h7-22,24-26,43H,1,23,27H2,2-6H3. The van der Waals surface area contributed by atoms with Gasteiger partial charge in [0.1, 0.15) is 5.75 Å². The van der Waals surface area contributed by atoms with Gasteiger partial charge in [-0.3, -0.25) is 0 Å². The van der Waals surface area contributed by atoms with E-state index in [1.807, 2.05) is 67.6 Å². The highest BCUT2D eigenvalue weighted by Crippen LogP contribution is 2.70. The second-order valence-corrected chi connectivity index (χ2v) is 16.1. The minimum Gasteiger partial charge on any atom is -0.473 e. The monoisotopic (exact) mass is 648 g/mol. The van der Waals surface area contributed by atoms with Crippen LogP contribution < -0.4 is 9.84 Å². The van der Waals surface area contributed by atoms with Gasteiger partial charge in [0.25, 0.3) is 0 Å². The topological polar surface area (TPSA) is 58.9 Å². The Morgan fingerprint density at radius 3 is 2.25 bits per heavy atom. The average Bonchev–Trinajstić information content (AvgIpc) is 3.11. The molecular formula is C42H41N4OP. The molecule has 4 aromatic carbocycles. The smallest absolute Gasteiger partial charge is 0.160 e. The Balaban J connectivity index is 1.33. The van der Waals surface area contributed by atoms with Crippen LogP contribution in [0.4, 0.5) is 5.69 Å². The first-order chi connectivity index (χ1) is 23.1. The molecule has 1 unspecified atom stereocenters. The van der Waals surface area contributed by atoms with E-state index in [0.29, 0.717) is 11.5 Å². The van der Waals surface area contributed by atoms with Crippen molar-refractivity contribution in [2.45, 2.75) is 39.8 Å². The van der Waals surface area contributed by atoms with E-state index in [2.05, 4.69) is 94.2 Å². The van der Waals surface area contributed by atoms with E-state index in [4.69, 9.17) is 19.5 Å². The fourth-order valence-corrected chi connectivity index (χ4v) is 8.75. The Hall–Kier alpha value is -4.86. The van der Waals surface area contributed by atoms with Crippen LogP contribution >= 0.6 is 8.15 Å². The van der Waals surface area contributed by atoms with E-state index >= 15 is 0 Å². The van der Waals surface area contributed by atoms with E-state index in [1.54, 1.807) is 0 Å². The van der Waals surface area contributed by atoms with Crippen LogP contribution in [0, 0.1) is 5.41 Å². The quantitative estimate of drug-likeness (QED) is 0.109. The lowest BCUT2D eigenvalue weighted by Gasteiger charge is -2.57. The molecule has 1 atom stereocenters. The van der Waals surface area contributed by atoms with E-state index < -0.39 is 8.15 Å². The van der Waals surface area contributed by atoms with E-state index in [1.165, 1.54) is 0 Å². The molecule has 240 valence electrons. The minimum absolute atomic E-state index is 0.103. The lowest BCUT2D eigenvalue weighted by atomic mass is 9.81. The third kappa shape index (κ3) is 6.11. The van der Waals surface area contributed by atoms with Crippen molar-refractivity contribution in [2.75, 3.05) is 18.0 Å². The Kier molecular flexibility index (Phi) is 8.35. The summed E-state index contributed by atoms with van der Waals surface area (Å²) >= 11 is 0.